The summed E-state index contributed by atoms with van der Waals surface area (Å²) in [5.74, 6) is -2.90. The number of halogens is 1. The maximum Gasteiger partial charge on any atom is 0.255 e. The zero-order valence-corrected chi connectivity index (χ0v) is 14.7. The molecule has 0 fully saturated rings. The van der Waals surface area contributed by atoms with Crippen LogP contribution < -0.4 is 16.4 Å². The Bertz CT molecular complexity index is 902. The Hall–Kier alpha value is -3.49. The van der Waals surface area contributed by atoms with E-state index in [0.29, 0.717) is 5.69 Å². The Morgan fingerprint density at radius 1 is 1.00 bits per heavy atom. The van der Waals surface area contributed by atoms with E-state index < -0.39 is 29.3 Å². The number of anilines is 2. The number of Topliss-reactive ketones (excluding diaryl/α,β-unsaturated/α-hetero) is 1. The number of nitrogens with one attached hydrogen (secondary N) is 2. The minimum Gasteiger partial charge on any atom is -0.444 e. The van der Waals surface area contributed by atoms with Crippen molar-refractivity contribution in [1.82, 2.24) is 0 Å². The summed E-state index contributed by atoms with van der Waals surface area (Å²) < 4.78 is 18.1. The van der Waals surface area contributed by atoms with E-state index >= 15 is 0 Å². The van der Waals surface area contributed by atoms with Crippen molar-refractivity contribution in [2.75, 3.05) is 10.6 Å². The molecular formula is C18H18FN3O5. The number of amides is 3. The number of carbonyl (C=O) groups is 4. The minimum absolute atomic E-state index is 0.00635. The van der Waals surface area contributed by atoms with Gasteiger partial charge in [0.15, 0.2) is 5.78 Å². The normalized spacial score (nSPS) is 10.3. The van der Waals surface area contributed by atoms with E-state index in [0.717, 1.165) is 0 Å². The molecule has 0 saturated heterocycles. The highest BCUT2D eigenvalue weighted by Crippen LogP contribution is 2.27. The molecule has 8 nitrogen and oxygen atoms in total. The molecule has 2 aromatic rings. The van der Waals surface area contributed by atoms with Crippen LogP contribution in [-0.2, 0) is 9.59 Å². The first kappa shape index (κ1) is 19.8. The van der Waals surface area contributed by atoms with Gasteiger partial charge in [0.05, 0.1) is 5.56 Å². The number of rotatable bonds is 7. The average Bonchev–Trinajstić information content (AvgIpc) is 2.91. The van der Waals surface area contributed by atoms with Crippen molar-refractivity contribution in [1.29, 1.82) is 0 Å². The topological polar surface area (TPSA) is 132 Å². The molecule has 142 valence electrons. The first-order valence-corrected chi connectivity index (χ1v) is 7.98. The lowest BCUT2D eigenvalue weighted by atomic mass is 10.1. The van der Waals surface area contributed by atoms with Crippen LogP contribution in [0.15, 0.2) is 28.7 Å². The van der Waals surface area contributed by atoms with Gasteiger partial charge in [0, 0.05) is 18.5 Å². The molecule has 0 radical (unpaired) electrons. The van der Waals surface area contributed by atoms with Gasteiger partial charge in [-0.25, -0.2) is 4.39 Å². The van der Waals surface area contributed by atoms with Gasteiger partial charge in [0.25, 0.3) is 5.91 Å². The third-order valence-electron chi connectivity index (χ3n) is 3.64. The average molecular weight is 375 g/mol. The third kappa shape index (κ3) is 5.00. The zero-order valence-electron chi connectivity index (χ0n) is 14.7. The predicted octanol–water partition coefficient (Wildman–Crippen LogP) is 2.39. The van der Waals surface area contributed by atoms with E-state index in [-0.39, 0.29) is 35.6 Å². The second-order valence-electron chi connectivity index (χ2n) is 5.76. The third-order valence-corrected chi connectivity index (χ3v) is 3.64. The van der Waals surface area contributed by atoms with E-state index in [9.17, 15) is 23.6 Å². The van der Waals surface area contributed by atoms with Crippen LogP contribution in [0.1, 0.15) is 46.2 Å². The van der Waals surface area contributed by atoms with Crippen molar-refractivity contribution in [3.63, 3.8) is 0 Å². The van der Waals surface area contributed by atoms with E-state index in [1.807, 2.05) is 0 Å². The van der Waals surface area contributed by atoms with Crippen LogP contribution in [0.25, 0.3) is 0 Å². The summed E-state index contributed by atoms with van der Waals surface area (Å²) in [4.78, 5) is 47.1. The fourth-order valence-corrected chi connectivity index (χ4v) is 2.46. The number of hydrogen-bond acceptors (Lipinski definition) is 5. The SMILES string of the molecule is CC(=O)c1c(C)oc(NC(=O)CCC(=O)Nc2ccc(F)cc2)c1C(N)=O. The number of furan rings is 1. The summed E-state index contributed by atoms with van der Waals surface area (Å²) in [5.41, 5.74) is 5.46. The number of benzene rings is 1. The molecule has 9 heteroatoms. The number of nitrogens with two attached hydrogens (primary N) is 1. The highest BCUT2D eigenvalue weighted by Gasteiger charge is 2.26. The Kier molecular flexibility index (Phi) is 6.07. The Balaban J connectivity index is 1.98. The van der Waals surface area contributed by atoms with Crippen molar-refractivity contribution in [2.24, 2.45) is 5.73 Å². The highest BCUT2D eigenvalue weighted by atomic mass is 19.1. The molecule has 0 aliphatic heterocycles. The summed E-state index contributed by atoms with van der Waals surface area (Å²) in [7, 11) is 0. The van der Waals surface area contributed by atoms with Crippen LogP contribution in [0.3, 0.4) is 0 Å². The number of hydrogen-bond donors (Lipinski definition) is 3. The molecule has 0 unspecified atom stereocenters. The largest absolute Gasteiger partial charge is 0.444 e. The minimum atomic E-state index is -0.915. The molecular weight excluding hydrogens is 357 g/mol. The van der Waals surface area contributed by atoms with Gasteiger partial charge >= 0.3 is 0 Å². The van der Waals surface area contributed by atoms with E-state index in [4.69, 9.17) is 10.2 Å². The van der Waals surface area contributed by atoms with Crippen LogP contribution in [0, 0.1) is 12.7 Å². The quantitative estimate of drug-likeness (QED) is 0.639. The summed E-state index contributed by atoms with van der Waals surface area (Å²) in [6.07, 6.45) is -0.366. The van der Waals surface area contributed by atoms with Gasteiger partial charge in [-0.3, -0.25) is 24.5 Å². The second-order valence-corrected chi connectivity index (χ2v) is 5.76. The van der Waals surface area contributed by atoms with Crippen LogP contribution >= 0.6 is 0 Å². The van der Waals surface area contributed by atoms with Gasteiger partial charge in [0.1, 0.15) is 17.1 Å². The molecule has 4 N–H and O–H groups in total. The number of primary amides is 1. The first-order valence-electron chi connectivity index (χ1n) is 7.98. The summed E-state index contributed by atoms with van der Waals surface area (Å²) in [5, 5.41) is 4.86. The van der Waals surface area contributed by atoms with Gasteiger partial charge in [-0.2, -0.15) is 0 Å². The first-order chi connectivity index (χ1) is 12.7. The molecule has 27 heavy (non-hydrogen) atoms. The van der Waals surface area contributed by atoms with Crippen LogP contribution in [0.2, 0.25) is 0 Å². The lowest BCUT2D eigenvalue weighted by molar-refractivity contribution is -0.121. The van der Waals surface area contributed by atoms with Crippen molar-refractivity contribution < 1.29 is 28.0 Å². The van der Waals surface area contributed by atoms with Gasteiger partial charge in [-0.05, 0) is 38.1 Å². The molecule has 0 aliphatic carbocycles. The highest BCUT2D eigenvalue weighted by molar-refractivity contribution is 6.12. The smallest absolute Gasteiger partial charge is 0.255 e. The predicted molar refractivity (Wildman–Crippen MR) is 94.9 cm³/mol. The molecule has 2 rings (SSSR count). The van der Waals surface area contributed by atoms with Gasteiger partial charge < -0.3 is 15.5 Å². The Labute approximate surface area is 153 Å². The Morgan fingerprint density at radius 3 is 2.07 bits per heavy atom. The maximum atomic E-state index is 12.8. The fraction of sp³-hybridized carbons (Fsp3) is 0.222. The lowest BCUT2D eigenvalue weighted by Crippen LogP contribution is -2.20. The van der Waals surface area contributed by atoms with Crippen molar-refractivity contribution in [3.05, 3.63) is 47.0 Å². The molecule has 0 bridgehead atoms. The standard InChI is InChI=1S/C18H18FN3O5/c1-9(23)15-10(2)27-18(16(15)17(20)26)22-14(25)8-7-13(24)21-12-5-3-11(19)4-6-12/h3-6H,7-8H2,1-2H3,(H2,20,26)(H,21,24)(H,22,25). The summed E-state index contributed by atoms with van der Waals surface area (Å²) in [6.45, 7) is 2.71. The molecule has 1 aromatic carbocycles. The van der Waals surface area contributed by atoms with Gasteiger partial charge in [-0.15, -0.1) is 0 Å². The van der Waals surface area contributed by atoms with Crippen molar-refractivity contribution >= 4 is 35.1 Å². The van der Waals surface area contributed by atoms with E-state index in [1.165, 1.54) is 38.1 Å². The molecule has 0 spiro atoms. The van der Waals surface area contributed by atoms with Gasteiger partial charge in [-0.1, -0.05) is 0 Å². The maximum absolute atomic E-state index is 12.8. The molecule has 3 amide bonds. The van der Waals surface area contributed by atoms with Gasteiger partial charge in [0.2, 0.25) is 17.7 Å². The Morgan fingerprint density at radius 2 is 1.56 bits per heavy atom. The molecule has 1 aromatic heterocycles. The van der Waals surface area contributed by atoms with E-state index in [2.05, 4.69) is 10.6 Å². The number of carbonyl (C=O) groups excluding carboxylic acids is 4. The number of aryl methyl sites for hydroxylation is 1. The van der Waals surface area contributed by atoms with Crippen LogP contribution in [-0.4, -0.2) is 23.5 Å². The molecule has 1 heterocycles. The molecule has 0 atom stereocenters. The fourth-order valence-electron chi connectivity index (χ4n) is 2.46. The monoisotopic (exact) mass is 375 g/mol. The van der Waals surface area contributed by atoms with Crippen molar-refractivity contribution in [3.8, 4) is 0 Å². The summed E-state index contributed by atoms with van der Waals surface area (Å²) >= 11 is 0. The number of ketones is 1. The summed E-state index contributed by atoms with van der Waals surface area (Å²) in [6, 6.07) is 5.17. The molecule has 0 saturated carbocycles. The zero-order chi connectivity index (χ0) is 20.1. The van der Waals surface area contributed by atoms with Crippen LogP contribution in [0.4, 0.5) is 16.0 Å². The van der Waals surface area contributed by atoms with E-state index in [1.54, 1.807) is 0 Å². The lowest BCUT2D eigenvalue weighted by Gasteiger charge is -2.06. The second kappa shape index (κ2) is 8.26. The molecule has 0 aliphatic rings. The van der Waals surface area contributed by atoms with Crippen LogP contribution in [0.5, 0.6) is 0 Å². The van der Waals surface area contributed by atoms with Crippen molar-refractivity contribution in [2.45, 2.75) is 26.7 Å².